The molecule has 15 heavy (non-hydrogen) atoms. The second kappa shape index (κ2) is 5.75. The van der Waals surface area contributed by atoms with Gasteiger partial charge in [0.05, 0.1) is 0 Å². The van der Waals surface area contributed by atoms with Crippen molar-refractivity contribution in [3.8, 4) is 0 Å². The number of carbonyl (C=O) groups is 1. The molecule has 88 valence electrons. The van der Waals surface area contributed by atoms with E-state index < -0.39 is 0 Å². The van der Waals surface area contributed by atoms with Crippen molar-refractivity contribution in [1.82, 2.24) is 5.32 Å². The molecule has 0 aliphatic heterocycles. The van der Waals surface area contributed by atoms with Crippen LogP contribution in [0.1, 0.15) is 32.6 Å². The van der Waals surface area contributed by atoms with Gasteiger partial charge in [-0.25, -0.2) is 0 Å². The van der Waals surface area contributed by atoms with Crippen LogP contribution in [0, 0.1) is 5.92 Å². The second-order valence-electron chi connectivity index (χ2n) is 4.56. The van der Waals surface area contributed by atoms with Gasteiger partial charge in [-0.3, -0.25) is 4.79 Å². The molecule has 1 atom stereocenters. The Morgan fingerprint density at radius 1 is 1.60 bits per heavy atom. The van der Waals surface area contributed by atoms with Crippen molar-refractivity contribution in [3.05, 3.63) is 0 Å². The Morgan fingerprint density at radius 3 is 2.67 bits per heavy atom. The molecule has 0 radical (unpaired) electrons. The van der Waals surface area contributed by atoms with Gasteiger partial charge in [-0.15, -0.1) is 0 Å². The lowest BCUT2D eigenvalue weighted by atomic mass is 9.84. The highest BCUT2D eigenvalue weighted by Gasteiger charge is 2.36. The maximum Gasteiger partial charge on any atom is 0.220 e. The number of hydrogen-bond acceptors (Lipinski definition) is 3. The summed E-state index contributed by atoms with van der Waals surface area (Å²) >= 11 is 1.89. The number of nitrogens with two attached hydrogens (primary N) is 1. The van der Waals surface area contributed by atoms with Crippen molar-refractivity contribution in [2.75, 3.05) is 19.3 Å². The van der Waals surface area contributed by atoms with Crippen LogP contribution in [0.2, 0.25) is 0 Å². The number of carbonyl (C=O) groups excluding carboxylic acids is 1. The number of thioether (sulfide) groups is 1. The van der Waals surface area contributed by atoms with E-state index in [9.17, 15) is 4.79 Å². The highest BCUT2D eigenvalue weighted by atomic mass is 32.2. The molecule has 0 aromatic carbocycles. The van der Waals surface area contributed by atoms with E-state index >= 15 is 0 Å². The van der Waals surface area contributed by atoms with Crippen LogP contribution in [0.3, 0.4) is 0 Å². The van der Waals surface area contributed by atoms with Crippen molar-refractivity contribution in [2.24, 2.45) is 11.7 Å². The Morgan fingerprint density at radius 2 is 2.27 bits per heavy atom. The molecule has 1 fully saturated rings. The summed E-state index contributed by atoms with van der Waals surface area (Å²) in [4.78, 5) is 11.5. The fourth-order valence-corrected chi connectivity index (χ4v) is 2.67. The summed E-state index contributed by atoms with van der Waals surface area (Å²) in [5, 5.41) is 3.03. The molecule has 1 saturated carbocycles. The molecule has 3 N–H and O–H groups in total. The Bertz CT molecular complexity index is 211. The molecular formula is C11H22N2OS. The van der Waals surface area contributed by atoms with Gasteiger partial charge in [-0.2, -0.15) is 11.8 Å². The lowest BCUT2D eigenvalue weighted by Crippen LogP contribution is -2.45. The van der Waals surface area contributed by atoms with Gasteiger partial charge in [0.1, 0.15) is 0 Å². The van der Waals surface area contributed by atoms with Crippen LogP contribution in [0.15, 0.2) is 0 Å². The SMILES string of the molecule is CSC1(CNC(=O)CC(C)CN)CCC1. The minimum absolute atomic E-state index is 0.147. The zero-order valence-corrected chi connectivity index (χ0v) is 10.5. The molecule has 1 aliphatic carbocycles. The van der Waals surface area contributed by atoms with E-state index in [4.69, 9.17) is 5.73 Å². The molecule has 0 aromatic heterocycles. The van der Waals surface area contributed by atoms with Crippen molar-refractivity contribution >= 4 is 17.7 Å². The maximum absolute atomic E-state index is 11.5. The van der Waals surface area contributed by atoms with E-state index in [0.717, 1.165) is 6.54 Å². The smallest absolute Gasteiger partial charge is 0.220 e. The molecule has 1 amide bonds. The zero-order valence-electron chi connectivity index (χ0n) is 9.71. The van der Waals surface area contributed by atoms with E-state index in [-0.39, 0.29) is 11.8 Å². The van der Waals surface area contributed by atoms with Gasteiger partial charge in [-0.1, -0.05) is 13.3 Å². The van der Waals surface area contributed by atoms with Crippen LogP contribution >= 0.6 is 11.8 Å². The van der Waals surface area contributed by atoms with Crippen molar-refractivity contribution in [3.63, 3.8) is 0 Å². The van der Waals surface area contributed by atoms with Crippen molar-refractivity contribution < 1.29 is 4.79 Å². The van der Waals surface area contributed by atoms with Crippen LogP contribution in [-0.2, 0) is 4.79 Å². The molecule has 1 rings (SSSR count). The summed E-state index contributed by atoms with van der Waals surface area (Å²) in [5.41, 5.74) is 5.48. The predicted molar refractivity (Wildman–Crippen MR) is 65.9 cm³/mol. The Labute approximate surface area is 96.6 Å². The quantitative estimate of drug-likeness (QED) is 0.724. The van der Waals surface area contributed by atoms with Crippen molar-refractivity contribution in [1.29, 1.82) is 0 Å². The first kappa shape index (κ1) is 12.8. The molecule has 0 aromatic rings. The Balaban J connectivity index is 2.21. The van der Waals surface area contributed by atoms with E-state index in [1.165, 1.54) is 19.3 Å². The molecule has 0 bridgehead atoms. The van der Waals surface area contributed by atoms with Crippen molar-refractivity contribution in [2.45, 2.75) is 37.4 Å². The van der Waals surface area contributed by atoms with Gasteiger partial charge >= 0.3 is 0 Å². The maximum atomic E-state index is 11.5. The zero-order chi connectivity index (χ0) is 11.3. The highest BCUT2D eigenvalue weighted by molar-refractivity contribution is 8.00. The average Bonchev–Trinajstić information content (AvgIpc) is 2.16. The van der Waals surface area contributed by atoms with Gasteiger partial charge in [0.15, 0.2) is 0 Å². The van der Waals surface area contributed by atoms with E-state index in [0.29, 0.717) is 17.7 Å². The Kier molecular flexibility index (Phi) is 4.93. The average molecular weight is 230 g/mol. The third-order valence-corrected chi connectivity index (χ3v) is 4.66. The van der Waals surface area contributed by atoms with Gasteiger partial charge in [0, 0.05) is 17.7 Å². The van der Waals surface area contributed by atoms with E-state index in [1.54, 1.807) is 0 Å². The predicted octanol–water partition coefficient (Wildman–Crippen LogP) is 1.37. The van der Waals surface area contributed by atoms with Gasteiger partial charge < -0.3 is 11.1 Å². The van der Waals surface area contributed by atoms with Crippen LogP contribution in [0.4, 0.5) is 0 Å². The van der Waals surface area contributed by atoms with E-state index in [2.05, 4.69) is 11.6 Å². The monoisotopic (exact) mass is 230 g/mol. The van der Waals surface area contributed by atoms with Crippen LogP contribution in [0.5, 0.6) is 0 Å². The standard InChI is InChI=1S/C11H22N2OS/c1-9(7-12)6-10(14)13-8-11(15-2)4-3-5-11/h9H,3-8,12H2,1-2H3,(H,13,14). The summed E-state index contributed by atoms with van der Waals surface area (Å²) in [5.74, 6) is 0.435. The third-order valence-electron chi connectivity index (χ3n) is 3.24. The summed E-state index contributed by atoms with van der Waals surface area (Å²) in [6.45, 7) is 3.42. The fraction of sp³-hybridized carbons (Fsp3) is 0.909. The summed E-state index contributed by atoms with van der Waals surface area (Å²) in [7, 11) is 0. The molecule has 0 saturated heterocycles. The first-order chi connectivity index (χ1) is 7.12. The van der Waals surface area contributed by atoms with Crippen LogP contribution in [0.25, 0.3) is 0 Å². The summed E-state index contributed by atoms with van der Waals surface area (Å²) in [6, 6.07) is 0. The molecule has 1 aliphatic rings. The van der Waals surface area contributed by atoms with Crippen LogP contribution in [-0.4, -0.2) is 30.0 Å². The van der Waals surface area contributed by atoms with Gasteiger partial charge in [0.25, 0.3) is 0 Å². The number of hydrogen-bond donors (Lipinski definition) is 2. The minimum Gasteiger partial charge on any atom is -0.355 e. The number of amides is 1. The molecule has 4 heteroatoms. The first-order valence-corrected chi connectivity index (χ1v) is 6.86. The summed E-state index contributed by atoms with van der Waals surface area (Å²) in [6.07, 6.45) is 6.46. The van der Waals surface area contributed by atoms with Gasteiger partial charge in [-0.05, 0) is 31.6 Å². The highest BCUT2D eigenvalue weighted by Crippen LogP contribution is 2.42. The number of nitrogens with one attached hydrogen (secondary N) is 1. The number of rotatable bonds is 6. The van der Waals surface area contributed by atoms with Gasteiger partial charge in [0.2, 0.25) is 5.91 Å². The van der Waals surface area contributed by atoms with E-state index in [1.807, 2.05) is 18.7 Å². The fourth-order valence-electron chi connectivity index (χ4n) is 1.76. The van der Waals surface area contributed by atoms with Crippen LogP contribution < -0.4 is 11.1 Å². The Hall–Kier alpha value is -0.220. The minimum atomic E-state index is 0.147. The molecular weight excluding hydrogens is 208 g/mol. The normalized spacial score (nSPS) is 20.5. The molecule has 1 unspecified atom stereocenters. The molecule has 0 spiro atoms. The lowest BCUT2D eigenvalue weighted by Gasteiger charge is -2.40. The lowest BCUT2D eigenvalue weighted by molar-refractivity contribution is -0.122. The third kappa shape index (κ3) is 3.68. The topological polar surface area (TPSA) is 55.1 Å². The largest absolute Gasteiger partial charge is 0.355 e. The molecule has 0 heterocycles. The molecule has 3 nitrogen and oxygen atoms in total. The second-order valence-corrected chi connectivity index (χ2v) is 5.84. The summed E-state index contributed by atoms with van der Waals surface area (Å²) < 4.78 is 0.335. The first-order valence-electron chi connectivity index (χ1n) is 5.64.